The van der Waals surface area contributed by atoms with Gasteiger partial charge in [-0.1, -0.05) is 18.2 Å². The molecule has 0 fully saturated rings. The maximum absolute atomic E-state index is 5.28. The van der Waals surface area contributed by atoms with Crippen molar-refractivity contribution in [3.63, 3.8) is 0 Å². The highest BCUT2D eigenvalue weighted by molar-refractivity contribution is 7.99. The zero-order valence-electron chi connectivity index (χ0n) is 13.1. The van der Waals surface area contributed by atoms with Crippen LogP contribution in [0.5, 0.6) is 5.75 Å². The smallest absolute Gasteiger partial charge is 0.323 e. The molecule has 0 spiro atoms. The molecule has 4 heteroatoms. The third-order valence-corrected chi connectivity index (χ3v) is 5.32. The van der Waals surface area contributed by atoms with E-state index in [0.717, 1.165) is 12.3 Å². The highest BCUT2D eigenvalue weighted by Gasteiger charge is 2.28. The van der Waals surface area contributed by atoms with Crippen molar-refractivity contribution < 1.29 is 9.30 Å². The molecule has 0 saturated heterocycles. The van der Waals surface area contributed by atoms with E-state index in [9.17, 15) is 0 Å². The van der Waals surface area contributed by atoms with Gasteiger partial charge < -0.3 is 4.74 Å². The molecular weight excluding hydrogens is 304 g/mol. The van der Waals surface area contributed by atoms with Crippen molar-refractivity contribution in [2.45, 2.75) is 18.1 Å². The van der Waals surface area contributed by atoms with Crippen molar-refractivity contribution in [3.8, 4) is 22.7 Å². The van der Waals surface area contributed by atoms with Gasteiger partial charge in [-0.05, 0) is 54.6 Å². The van der Waals surface area contributed by atoms with Crippen molar-refractivity contribution in [1.82, 2.24) is 4.57 Å². The number of benzene rings is 2. The van der Waals surface area contributed by atoms with Gasteiger partial charge in [-0.15, -0.1) is 0 Å². The number of fused-ring (bicyclic) bond motifs is 1. The van der Waals surface area contributed by atoms with E-state index in [1.165, 1.54) is 34.3 Å². The van der Waals surface area contributed by atoms with E-state index in [1.807, 2.05) is 23.9 Å². The summed E-state index contributed by atoms with van der Waals surface area (Å²) in [7, 11) is 1.70. The lowest BCUT2D eigenvalue weighted by atomic mass is 10.1. The van der Waals surface area contributed by atoms with Gasteiger partial charge in [0.25, 0.3) is 0 Å². The molecule has 0 bridgehead atoms. The fourth-order valence-electron chi connectivity index (χ4n) is 3.00. The summed E-state index contributed by atoms with van der Waals surface area (Å²) in [5.41, 5.74) is 3.70. The summed E-state index contributed by atoms with van der Waals surface area (Å²) < 4.78 is 10.0. The predicted octanol–water partition coefficient (Wildman–Crippen LogP) is 3.94. The van der Waals surface area contributed by atoms with E-state index >= 15 is 0 Å². The maximum Gasteiger partial charge on any atom is 0.323 e. The van der Waals surface area contributed by atoms with Gasteiger partial charge in [-0.2, -0.15) is 4.57 Å². The molecule has 0 saturated carbocycles. The normalized spacial score (nSPS) is 13.6. The Morgan fingerprint density at radius 2 is 1.83 bits per heavy atom. The van der Waals surface area contributed by atoms with Gasteiger partial charge in [0, 0.05) is 11.3 Å². The van der Waals surface area contributed by atoms with Crippen LogP contribution in [-0.4, -0.2) is 17.4 Å². The minimum atomic E-state index is 0.893. The van der Waals surface area contributed by atoms with E-state index in [2.05, 4.69) is 57.8 Å². The highest BCUT2D eigenvalue weighted by atomic mass is 32.2. The summed E-state index contributed by atoms with van der Waals surface area (Å²) in [6.07, 6.45) is 3.47. The molecule has 3 aromatic rings. The fourth-order valence-corrected chi connectivity index (χ4v) is 4.09. The number of hydrogen-bond acceptors (Lipinski definition) is 2. The average molecular weight is 323 g/mol. The van der Waals surface area contributed by atoms with Crippen LogP contribution in [-0.2, 0) is 6.54 Å². The molecule has 0 aliphatic carbocycles. The number of aromatic nitrogens is 2. The third-order valence-electron chi connectivity index (χ3n) is 4.16. The highest BCUT2D eigenvalue weighted by Crippen LogP contribution is 2.29. The van der Waals surface area contributed by atoms with Crippen molar-refractivity contribution in [3.05, 3.63) is 60.8 Å². The summed E-state index contributed by atoms with van der Waals surface area (Å²) in [5.74, 6) is 2.07. The van der Waals surface area contributed by atoms with Crippen LogP contribution in [0.15, 0.2) is 66.0 Å². The average Bonchev–Trinajstić information content (AvgIpc) is 3.02. The summed E-state index contributed by atoms with van der Waals surface area (Å²) in [4.78, 5) is 0. The molecule has 0 radical (unpaired) electrons. The topological polar surface area (TPSA) is 18.0 Å². The molecule has 2 aromatic carbocycles. The number of thioether (sulfide) groups is 1. The van der Waals surface area contributed by atoms with Crippen molar-refractivity contribution >= 4 is 11.8 Å². The number of para-hydroxylation sites is 1. The monoisotopic (exact) mass is 323 g/mol. The molecule has 1 aliphatic heterocycles. The Morgan fingerprint density at radius 1 is 1.04 bits per heavy atom. The lowest BCUT2D eigenvalue weighted by Gasteiger charge is -2.10. The quantitative estimate of drug-likeness (QED) is 0.680. The first-order valence-electron chi connectivity index (χ1n) is 7.84. The number of ether oxygens (including phenoxy) is 1. The van der Waals surface area contributed by atoms with Gasteiger partial charge in [0.1, 0.15) is 17.6 Å². The second kappa shape index (κ2) is 6.13. The Hall–Kier alpha value is -2.20. The Balaban J connectivity index is 1.85. The van der Waals surface area contributed by atoms with Gasteiger partial charge in [-0.3, -0.25) is 0 Å². The fraction of sp³-hybridized carbons (Fsp3) is 0.211. The molecule has 0 unspecified atom stereocenters. The first-order valence-corrected chi connectivity index (χ1v) is 8.83. The molecule has 116 valence electrons. The molecule has 0 amide bonds. The minimum absolute atomic E-state index is 0.893. The third kappa shape index (κ3) is 2.63. The van der Waals surface area contributed by atoms with Gasteiger partial charge in [0.05, 0.1) is 13.7 Å². The Kier molecular flexibility index (Phi) is 3.83. The summed E-state index contributed by atoms with van der Waals surface area (Å²) in [6, 6.07) is 18.9. The van der Waals surface area contributed by atoms with E-state index < -0.39 is 0 Å². The SMILES string of the molecule is COc1ccc(-c2cn(-c3ccccc3)c3[n+]2CCCS3)cc1. The second-order valence-electron chi connectivity index (χ2n) is 5.58. The molecule has 4 rings (SSSR count). The summed E-state index contributed by atoms with van der Waals surface area (Å²) >= 11 is 1.93. The number of rotatable bonds is 3. The van der Waals surface area contributed by atoms with E-state index in [0.29, 0.717) is 0 Å². The first kappa shape index (κ1) is 14.4. The number of hydrogen-bond donors (Lipinski definition) is 0. The molecule has 3 nitrogen and oxygen atoms in total. The standard InChI is InChI=1S/C19H19N2OS/c1-22-17-10-8-15(9-11-17)18-14-21(16-6-3-2-4-7-16)19-20(18)12-5-13-23-19/h2-4,6-11,14H,5,12-13H2,1H3/q+1. The van der Waals surface area contributed by atoms with Crippen molar-refractivity contribution in [1.29, 1.82) is 0 Å². The van der Waals surface area contributed by atoms with Crippen LogP contribution in [0.25, 0.3) is 16.9 Å². The molecule has 1 aliphatic rings. The van der Waals surface area contributed by atoms with Crippen LogP contribution in [0.4, 0.5) is 0 Å². The molecule has 2 heterocycles. The largest absolute Gasteiger partial charge is 0.497 e. The van der Waals surface area contributed by atoms with Crippen molar-refractivity contribution in [2.24, 2.45) is 0 Å². The summed E-state index contributed by atoms with van der Waals surface area (Å²) in [6.45, 7) is 1.07. The molecule has 23 heavy (non-hydrogen) atoms. The Labute approximate surface area is 140 Å². The summed E-state index contributed by atoms with van der Waals surface area (Å²) in [5, 5.41) is 1.31. The lowest BCUT2D eigenvalue weighted by molar-refractivity contribution is -0.724. The van der Waals surface area contributed by atoms with Crippen molar-refractivity contribution in [2.75, 3.05) is 12.9 Å². The van der Waals surface area contributed by atoms with Gasteiger partial charge in [-0.25, -0.2) is 4.57 Å². The van der Waals surface area contributed by atoms with Gasteiger partial charge in [0.2, 0.25) is 0 Å². The zero-order chi connectivity index (χ0) is 15.6. The van der Waals surface area contributed by atoms with Gasteiger partial charge in [0.15, 0.2) is 5.69 Å². The van der Waals surface area contributed by atoms with Crippen LogP contribution in [0, 0.1) is 0 Å². The maximum atomic E-state index is 5.28. The number of nitrogens with zero attached hydrogens (tertiary/aromatic N) is 2. The van der Waals surface area contributed by atoms with Gasteiger partial charge >= 0.3 is 5.16 Å². The predicted molar refractivity (Wildman–Crippen MR) is 93.3 cm³/mol. The lowest BCUT2D eigenvalue weighted by Crippen LogP contribution is -2.40. The molecular formula is C19H19N2OS+. The van der Waals surface area contributed by atoms with Crippen LogP contribution in [0.3, 0.4) is 0 Å². The van der Waals surface area contributed by atoms with E-state index in [-0.39, 0.29) is 0 Å². The van der Waals surface area contributed by atoms with E-state index in [4.69, 9.17) is 4.74 Å². The zero-order valence-corrected chi connectivity index (χ0v) is 13.9. The number of methoxy groups -OCH3 is 1. The first-order chi connectivity index (χ1) is 11.4. The molecule has 1 aromatic heterocycles. The molecule has 0 atom stereocenters. The van der Waals surface area contributed by atoms with E-state index in [1.54, 1.807) is 7.11 Å². The number of imidazole rings is 1. The van der Waals surface area contributed by atoms with Crippen LogP contribution in [0.1, 0.15) is 6.42 Å². The Bertz CT molecular complexity index is 809. The second-order valence-corrected chi connectivity index (χ2v) is 6.65. The minimum Gasteiger partial charge on any atom is -0.497 e. The Morgan fingerprint density at radius 3 is 2.57 bits per heavy atom. The van der Waals surface area contributed by atoms with Crippen LogP contribution >= 0.6 is 11.8 Å². The van der Waals surface area contributed by atoms with Crippen LogP contribution < -0.4 is 9.30 Å². The van der Waals surface area contributed by atoms with Crippen LogP contribution in [0.2, 0.25) is 0 Å². The molecule has 0 N–H and O–H groups in total.